The first-order valence-corrected chi connectivity index (χ1v) is 5.14. The Balaban J connectivity index is 2.38. The van der Waals surface area contributed by atoms with E-state index in [1.807, 2.05) is 0 Å². The van der Waals surface area contributed by atoms with Gasteiger partial charge in [0.15, 0.2) is 0 Å². The van der Waals surface area contributed by atoms with Crippen molar-refractivity contribution in [3.63, 3.8) is 0 Å². The summed E-state index contributed by atoms with van der Waals surface area (Å²) in [6, 6.07) is 0.0927. The van der Waals surface area contributed by atoms with Crippen molar-refractivity contribution in [2.45, 2.75) is 25.8 Å². The van der Waals surface area contributed by atoms with E-state index in [4.69, 9.17) is 4.74 Å². The van der Waals surface area contributed by atoms with E-state index in [9.17, 15) is 14.9 Å². The van der Waals surface area contributed by atoms with Gasteiger partial charge < -0.3 is 4.74 Å². The summed E-state index contributed by atoms with van der Waals surface area (Å²) in [6.45, 7) is 2.84. The van der Waals surface area contributed by atoms with Crippen LogP contribution in [0.5, 0.6) is 0 Å². The van der Waals surface area contributed by atoms with Gasteiger partial charge in [0.1, 0.15) is 5.69 Å². The average Bonchev–Trinajstić information content (AvgIpc) is 2.55. The van der Waals surface area contributed by atoms with Crippen molar-refractivity contribution in [2.75, 3.05) is 13.2 Å². The molecule has 2 heterocycles. The predicted octanol–water partition coefficient (Wildman–Crippen LogP) is 0.745. The molecule has 1 aromatic heterocycles. The second kappa shape index (κ2) is 4.09. The SMILES string of the molecule is Cc1c([N+](=O)[O-])c(=O)[nH]n1C1CCOCC1. The molecule has 1 aromatic rings. The molecule has 1 aliphatic rings. The molecular weight excluding hydrogens is 214 g/mol. The van der Waals surface area contributed by atoms with E-state index in [1.54, 1.807) is 11.6 Å². The van der Waals surface area contributed by atoms with Crippen LogP contribution in [-0.2, 0) is 4.74 Å². The van der Waals surface area contributed by atoms with Gasteiger partial charge >= 0.3 is 11.2 Å². The molecule has 1 aliphatic heterocycles. The van der Waals surface area contributed by atoms with Gasteiger partial charge in [0, 0.05) is 13.2 Å². The molecule has 0 radical (unpaired) electrons. The number of aromatic amines is 1. The molecule has 0 atom stereocenters. The predicted molar refractivity (Wildman–Crippen MR) is 55.5 cm³/mol. The summed E-state index contributed by atoms with van der Waals surface area (Å²) in [5.41, 5.74) is -0.595. The zero-order chi connectivity index (χ0) is 11.7. The van der Waals surface area contributed by atoms with Gasteiger partial charge in [-0.15, -0.1) is 0 Å². The number of nitrogens with zero attached hydrogens (tertiary/aromatic N) is 2. The molecule has 1 saturated heterocycles. The van der Waals surface area contributed by atoms with Gasteiger partial charge in [0.2, 0.25) is 0 Å². The number of hydrogen-bond donors (Lipinski definition) is 1. The molecule has 88 valence electrons. The second-order valence-electron chi connectivity index (χ2n) is 3.85. The maximum absolute atomic E-state index is 11.4. The Hall–Kier alpha value is -1.63. The van der Waals surface area contributed by atoms with Crippen molar-refractivity contribution in [1.82, 2.24) is 9.78 Å². The summed E-state index contributed by atoms with van der Waals surface area (Å²) in [5, 5.41) is 13.2. The van der Waals surface area contributed by atoms with Gasteiger partial charge in [-0.1, -0.05) is 0 Å². The van der Waals surface area contributed by atoms with Crippen LogP contribution in [0.25, 0.3) is 0 Å². The van der Waals surface area contributed by atoms with Crippen LogP contribution in [0.3, 0.4) is 0 Å². The Morgan fingerprint density at radius 3 is 2.62 bits per heavy atom. The molecule has 0 unspecified atom stereocenters. The summed E-state index contributed by atoms with van der Waals surface area (Å²) in [7, 11) is 0. The Morgan fingerprint density at radius 1 is 1.50 bits per heavy atom. The third-order valence-electron chi connectivity index (χ3n) is 2.88. The number of ether oxygens (including phenoxy) is 1. The van der Waals surface area contributed by atoms with E-state index < -0.39 is 10.5 Å². The Morgan fingerprint density at radius 2 is 2.12 bits per heavy atom. The monoisotopic (exact) mass is 227 g/mol. The maximum Gasteiger partial charge on any atom is 0.355 e. The highest BCUT2D eigenvalue weighted by Gasteiger charge is 2.26. The largest absolute Gasteiger partial charge is 0.381 e. The summed E-state index contributed by atoms with van der Waals surface area (Å²) in [4.78, 5) is 21.4. The first-order chi connectivity index (χ1) is 7.61. The van der Waals surface area contributed by atoms with Crippen LogP contribution in [0.15, 0.2) is 4.79 Å². The number of nitrogens with one attached hydrogen (secondary N) is 1. The van der Waals surface area contributed by atoms with Crippen molar-refractivity contribution in [2.24, 2.45) is 0 Å². The van der Waals surface area contributed by atoms with Gasteiger partial charge in [0.05, 0.1) is 11.0 Å². The minimum absolute atomic E-state index is 0.0927. The molecule has 7 heteroatoms. The number of H-pyrrole nitrogens is 1. The molecule has 0 bridgehead atoms. The van der Waals surface area contributed by atoms with E-state index in [2.05, 4.69) is 5.10 Å². The average molecular weight is 227 g/mol. The minimum atomic E-state index is -0.635. The quantitative estimate of drug-likeness (QED) is 0.596. The zero-order valence-corrected chi connectivity index (χ0v) is 8.93. The summed E-state index contributed by atoms with van der Waals surface area (Å²) in [5.74, 6) is 0. The third kappa shape index (κ3) is 1.73. The van der Waals surface area contributed by atoms with E-state index in [0.717, 1.165) is 12.8 Å². The number of rotatable bonds is 2. The fraction of sp³-hybridized carbons (Fsp3) is 0.667. The number of hydrogen-bond acceptors (Lipinski definition) is 4. The molecule has 1 fully saturated rings. The van der Waals surface area contributed by atoms with Crippen LogP contribution < -0.4 is 5.56 Å². The van der Waals surface area contributed by atoms with Crippen LogP contribution in [0, 0.1) is 17.0 Å². The molecule has 7 nitrogen and oxygen atoms in total. The Labute approximate surface area is 91.2 Å². The summed E-state index contributed by atoms with van der Waals surface area (Å²) >= 11 is 0. The second-order valence-corrected chi connectivity index (χ2v) is 3.85. The van der Waals surface area contributed by atoms with Crippen molar-refractivity contribution in [1.29, 1.82) is 0 Å². The van der Waals surface area contributed by atoms with Gasteiger partial charge in [0.25, 0.3) is 0 Å². The molecule has 0 saturated carbocycles. The molecule has 1 N–H and O–H groups in total. The van der Waals surface area contributed by atoms with Crippen LogP contribution in [0.1, 0.15) is 24.6 Å². The molecule has 16 heavy (non-hydrogen) atoms. The fourth-order valence-electron chi connectivity index (χ4n) is 2.05. The van der Waals surface area contributed by atoms with E-state index in [1.165, 1.54) is 0 Å². The normalized spacial score (nSPS) is 17.6. The summed E-state index contributed by atoms with van der Waals surface area (Å²) in [6.07, 6.45) is 1.53. The maximum atomic E-state index is 11.4. The summed E-state index contributed by atoms with van der Waals surface area (Å²) < 4.78 is 6.81. The fourth-order valence-corrected chi connectivity index (χ4v) is 2.05. The molecule has 2 rings (SSSR count). The minimum Gasteiger partial charge on any atom is -0.381 e. The lowest BCUT2D eigenvalue weighted by molar-refractivity contribution is -0.386. The molecule has 0 spiro atoms. The van der Waals surface area contributed by atoms with E-state index in [-0.39, 0.29) is 11.7 Å². The van der Waals surface area contributed by atoms with Crippen LogP contribution in [-0.4, -0.2) is 27.9 Å². The first-order valence-electron chi connectivity index (χ1n) is 5.14. The van der Waals surface area contributed by atoms with Gasteiger partial charge in [-0.25, -0.2) is 0 Å². The number of nitro groups is 1. The van der Waals surface area contributed by atoms with Gasteiger partial charge in [-0.2, -0.15) is 0 Å². The third-order valence-corrected chi connectivity index (χ3v) is 2.88. The smallest absolute Gasteiger partial charge is 0.355 e. The topological polar surface area (TPSA) is 90.2 Å². The number of aromatic nitrogens is 2. The lowest BCUT2D eigenvalue weighted by Crippen LogP contribution is -2.22. The molecule has 0 aliphatic carbocycles. The first kappa shape index (κ1) is 10.9. The van der Waals surface area contributed by atoms with Crippen LogP contribution in [0.2, 0.25) is 0 Å². The lowest BCUT2D eigenvalue weighted by Gasteiger charge is -2.23. The standard InChI is InChI=1S/C9H13N3O4/c1-6-8(12(14)15)9(13)10-11(6)7-2-4-16-5-3-7/h7H,2-5H2,1H3,(H,10,13). The van der Waals surface area contributed by atoms with E-state index in [0.29, 0.717) is 18.9 Å². The Kier molecular flexibility index (Phi) is 2.78. The van der Waals surface area contributed by atoms with Crippen molar-refractivity contribution < 1.29 is 9.66 Å². The molecule has 0 aromatic carbocycles. The van der Waals surface area contributed by atoms with E-state index >= 15 is 0 Å². The molecular formula is C9H13N3O4. The van der Waals surface area contributed by atoms with Crippen molar-refractivity contribution >= 4 is 5.69 Å². The highest BCUT2D eigenvalue weighted by molar-refractivity contribution is 5.32. The van der Waals surface area contributed by atoms with Crippen LogP contribution in [0.4, 0.5) is 5.69 Å². The van der Waals surface area contributed by atoms with Crippen LogP contribution >= 0.6 is 0 Å². The molecule has 0 amide bonds. The zero-order valence-electron chi connectivity index (χ0n) is 8.93. The van der Waals surface area contributed by atoms with Gasteiger partial charge in [-0.3, -0.25) is 24.7 Å². The van der Waals surface area contributed by atoms with Crippen molar-refractivity contribution in [3.05, 3.63) is 26.2 Å². The lowest BCUT2D eigenvalue weighted by atomic mass is 10.1. The highest BCUT2D eigenvalue weighted by Crippen LogP contribution is 2.23. The van der Waals surface area contributed by atoms with Crippen molar-refractivity contribution in [3.8, 4) is 0 Å². The highest BCUT2D eigenvalue weighted by atomic mass is 16.6. The Bertz CT molecular complexity index is 456. The van der Waals surface area contributed by atoms with Gasteiger partial charge in [-0.05, 0) is 19.8 Å².